The SMILES string of the molecule is Cc1ncccc1C(=O)CN1c2nc(N3C[C@@H]4C[C@@H]3CO4)cc(=O)n2C[C@@]1(C)C(F)(F)F. The number of anilines is 2. The number of pyridine rings is 1. The number of carbonyl (C=O) groups is 1. The fourth-order valence-corrected chi connectivity index (χ4v) is 4.77. The smallest absolute Gasteiger partial charge is 0.374 e. The molecule has 2 saturated heterocycles. The molecule has 5 heterocycles. The maximum atomic E-state index is 14.2. The number of rotatable bonds is 4. The number of nitrogens with zero attached hydrogens (tertiary/aromatic N) is 5. The summed E-state index contributed by atoms with van der Waals surface area (Å²) >= 11 is 0. The minimum Gasteiger partial charge on any atom is -0.374 e. The van der Waals surface area contributed by atoms with Crippen molar-refractivity contribution in [2.75, 3.05) is 29.5 Å². The van der Waals surface area contributed by atoms with E-state index < -0.39 is 36.1 Å². The number of morpholine rings is 1. The number of aromatic nitrogens is 3. The Hall–Kier alpha value is -2.95. The second-order valence-corrected chi connectivity index (χ2v) is 8.75. The predicted molar refractivity (Wildman–Crippen MR) is 109 cm³/mol. The molecule has 0 amide bonds. The van der Waals surface area contributed by atoms with Crippen LogP contribution in [0.25, 0.3) is 0 Å². The molecule has 5 rings (SSSR count). The summed E-state index contributed by atoms with van der Waals surface area (Å²) in [4.78, 5) is 37.2. The van der Waals surface area contributed by atoms with Crippen molar-refractivity contribution in [1.82, 2.24) is 14.5 Å². The lowest BCUT2D eigenvalue weighted by Crippen LogP contribution is -2.57. The van der Waals surface area contributed by atoms with Crippen LogP contribution < -0.4 is 15.4 Å². The normalized spacial score (nSPS) is 26.7. The molecule has 2 bridgehead atoms. The number of Topliss-reactive ketones (excluding diaryl/α,β-unsaturated/α-hetero) is 1. The van der Waals surface area contributed by atoms with Crippen molar-refractivity contribution in [3.63, 3.8) is 0 Å². The predicted octanol–water partition coefficient (Wildman–Crippen LogP) is 1.95. The number of fused-ring (bicyclic) bond motifs is 3. The van der Waals surface area contributed by atoms with Crippen LogP contribution in [0.2, 0.25) is 0 Å². The van der Waals surface area contributed by atoms with Gasteiger partial charge >= 0.3 is 6.18 Å². The summed E-state index contributed by atoms with van der Waals surface area (Å²) in [6.07, 6.45) is -2.36. The third kappa shape index (κ3) is 3.09. The molecule has 2 aromatic heterocycles. The molecule has 2 fully saturated rings. The first kappa shape index (κ1) is 20.9. The molecule has 11 heteroatoms. The van der Waals surface area contributed by atoms with Crippen LogP contribution in [0.3, 0.4) is 0 Å². The molecule has 170 valence electrons. The molecule has 8 nitrogen and oxygen atoms in total. The minimum absolute atomic E-state index is 0.0319. The van der Waals surface area contributed by atoms with Gasteiger partial charge in [-0.2, -0.15) is 18.2 Å². The van der Waals surface area contributed by atoms with E-state index in [4.69, 9.17) is 4.74 Å². The number of hydrogen-bond donors (Lipinski definition) is 0. The second-order valence-electron chi connectivity index (χ2n) is 8.75. The first-order valence-electron chi connectivity index (χ1n) is 10.4. The highest BCUT2D eigenvalue weighted by atomic mass is 19.4. The Morgan fingerprint density at radius 2 is 2.16 bits per heavy atom. The number of aryl methyl sites for hydroxylation is 1. The molecule has 0 radical (unpaired) electrons. The van der Waals surface area contributed by atoms with E-state index in [2.05, 4.69) is 9.97 Å². The van der Waals surface area contributed by atoms with E-state index in [0.29, 0.717) is 24.7 Å². The van der Waals surface area contributed by atoms with Gasteiger partial charge in [0.1, 0.15) is 5.82 Å². The average molecular weight is 449 g/mol. The number of ketones is 1. The number of hydrogen-bond acceptors (Lipinski definition) is 7. The zero-order chi connectivity index (χ0) is 22.8. The van der Waals surface area contributed by atoms with Gasteiger partial charge < -0.3 is 14.5 Å². The van der Waals surface area contributed by atoms with Gasteiger partial charge in [-0.15, -0.1) is 0 Å². The van der Waals surface area contributed by atoms with Gasteiger partial charge in [-0.25, -0.2) is 0 Å². The Morgan fingerprint density at radius 3 is 2.78 bits per heavy atom. The van der Waals surface area contributed by atoms with Gasteiger partial charge in [0, 0.05) is 30.1 Å². The molecule has 0 unspecified atom stereocenters. The van der Waals surface area contributed by atoms with Crippen molar-refractivity contribution in [2.45, 2.75) is 50.7 Å². The Kier molecular flexibility index (Phi) is 4.59. The summed E-state index contributed by atoms with van der Waals surface area (Å²) in [5.41, 5.74) is -2.36. The van der Waals surface area contributed by atoms with Gasteiger partial charge in [-0.1, -0.05) is 0 Å². The van der Waals surface area contributed by atoms with E-state index >= 15 is 0 Å². The summed E-state index contributed by atoms with van der Waals surface area (Å²) in [5.74, 6) is -0.350. The third-order valence-corrected chi connectivity index (χ3v) is 6.69. The van der Waals surface area contributed by atoms with Crippen LogP contribution in [-0.4, -0.2) is 63.9 Å². The van der Waals surface area contributed by atoms with Gasteiger partial charge in [-0.3, -0.25) is 19.1 Å². The number of ether oxygens (including phenoxy) is 1. The lowest BCUT2D eigenvalue weighted by molar-refractivity contribution is -0.181. The molecule has 3 atom stereocenters. The largest absolute Gasteiger partial charge is 0.413 e. The Morgan fingerprint density at radius 1 is 1.38 bits per heavy atom. The van der Waals surface area contributed by atoms with Crippen molar-refractivity contribution in [1.29, 1.82) is 0 Å². The highest BCUT2D eigenvalue weighted by molar-refractivity contribution is 6.00. The van der Waals surface area contributed by atoms with Crippen molar-refractivity contribution >= 4 is 17.5 Å². The van der Waals surface area contributed by atoms with Gasteiger partial charge in [0.05, 0.1) is 31.8 Å². The monoisotopic (exact) mass is 449 g/mol. The number of halogens is 3. The fraction of sp³-hybridized carbons (Fsp3) is 0.524. The molecule has 3 aliphatic rings. The molecule has 2 aromatic rings. The van der Waals surface area contributed by atoms with Crippen molar-refractivity contribution < 1.29 is 22.7 Å². The van der Waals surface area contributed by atoms with E-state index in [1.165, 1.54) is 18.3 Å². The standard InChI is InChI=1S/C21H22F3N5O3/c1-12-15(4-3-5-25-12)16(30)9-29-19-26-17(27-8-14-6-13(27)10-32-14)7-18(31)28(19)11-20(29,2)21(22,23)24/h3-5,7,13-14H,6,8-11H2,1-2H3/t13-,14+,20+/m1/s1. The van der Waals surface area contributed by atoms with Crippen LogP contribution in [0.5, 0.6) is 0 Å². The Bertz CT molecular complexity index is 1150. The lowest BCUT2D eigenvalue weighted by Gasteiger charge is -2.36. The molecule has 0 aromatic carbocycles. The maximum absolute atomic E-state index is 14.2. The highest BCUT2D eigenvalue weighted by Crippen LogP contribution is 2.44. The Labute approximate surface area is 181 Å². The van der Waals surface area contributed by atoms with Crippen LogP contribution in [0, 0.1) is 6.92 Å². The highest BCUT2D eigenvalue weighted by Gasteiger charge is 2.60. The molecular formula is C21H22F3N5O3. The quantitative estimate of drug-likeness (QED) is 0.660. The zero-order valence-electron chi connectivity index (χ0n) is 17.6. The maximum Gasteiger partial charge on any atom is 0.413 e. The molecule has 0 saturated carbocycles. The molecular weight excluding hydrogens is 427 g/mol. The fourth-order valence-electron chi connectivity index (χ4n) is 4.77. The van der Waals surface area contributed by atoms with Gasteiger partial charge in [0.2, 0.25) is 5.95 Å². The molecule has 0 aliphatic carbocycles. The summed E-state index contributed by atoms with van der Waals surface area (Å²) in [6.45, 7) is 2.44. The second kappa shape index (κ2) is 7.03. The van der Waals surface area contributed by atoms with Gasteiger partial charge in [0.25, 0.3) is 5.56 Å². The average Bonchev–Trinajstić information content (AvgIpc) is 3.43. The van der Waals surface area contributed by atoms with Crippen molar-refractivity contribution in [3.8, 4) is 0 Å². The molecule has 3 aliphatic heterocycles. The van der Waals surface area contributed by atoms with E-state index in [0.717, 1.165) is 22.8 Å². The third-order valence-electron chi connectivity index (χ3n) is 6.69. The molecule has 32 heavy (non-hydrogen) atoms. The summed E-state index contributed by atoms with van der Waals surface area (Å²) in [5, 5.41) is 0. The van der Waals surface area contributed by atoms with Crippen LogP contribution in [0.1, 0.15) is 29.4 Å². The van der Waals surface area contributed by atoms with E-state index in [-0.39, 0.29) is 23.7 Å². The number of alkyl halides is 3. The lowest BCUT2D eigenvalue weighted by atomic mass is 9.99. The Balaban J connectivity index is 1.57. The van der Waals surface area contributed by atoms with Crippen molar-refractivity contribution in [2.24, 2.45) is 0 Å². The van der Waals surface area contributed by atoms with Crippen LogP contribution in [-0.2, 0) is 11.3 Å². The van der Waals surface area contributed by atoms with Crippen LogP contribution >= 0.6 is 0 Å². The minimum atomic E-state index is -4.70. The van der Waals surface area contributed by atoms with Gasteiger partial charge in [-0.05, 0) is 32.4 Å². The first-order chi connectivity index (χ1) is 15.1. The molecule has 0 spiro atoms. The topological polar surface area (TPSA) is 80.6 Å². The first-order valence-corrected chi connectivity index (χ1v) is 10.4. The van der Waals surface area contributed by atoms with E-state index in [9.17, 15) is 22.8 Å². The van der Waals surface area contributed by atoms with E-state index in [1.807, 2.05) is 4.90 Å². The van der Waals surface area contributed by atoms with Crippen LogP contribution in [0.15, 0.2) is 29.2 Å². The zero-order valence-corrected chi connectivity index (χ0v) is 17.6. The van der Waals surface area contributed by atoms with Crippen molar-refractivity contribution in [3.05, 3.63) is 46.0 Å². The van der Waals surface area contributed by atoms with E-state index in [1.54, 1.807) is 13.0 Å². The van der Waals surface area contributed by atoms with Crippen LogP contribution in [0.4, 0.5) is 24.9 Å². The number of carbonyl (C=O) groups excluding carboxylic acids is 1. The van der Waals surface area contributed by atoms with Gasteiger partial charge in [0.15, 0.2) is 11.3 Å². The summed E-state index contributed by atoms with van der Waals surface area (Å²) < 4.78 is 49.2. The summed E-state index contributed by atoms with van der Waals surface area (Å²) in [6, 6.07) is 4.41. The summed E-state index contributed by atoms with van der Waals surface area (Å²) in [7, 11) is 0. The molecule has 0 N–H and O–H groups in total.